The minimum atomic E-state index is -4.31. The molecule has 0 radical (unpaired) electrons. The molecule has 0 saturated carbocycles. The van der Waals surface area contributed by atoms with Crippen LogP contribution in [0.3, 0.4) is 0 Å². The summed E-state index contributed by atoms with van der Waals surface area (Å²) >= 11 is 0. The molecule has 1 heterocycles. The summed E-state index contributed by atoms with van der Waals surface area (Å²) in [4.78, 5) is 10.7. The number of ketones is 1. The first kappa shape index (κ1) is 9.76. The van der Waals surface area contributed by atoms with Gasteiger partial charge in [-0.3, -0.25) is 9.48 Å². The minimum Gasteiger partial charge on any atom is -0.293 e. The van der Waals surface area contributed by atoms with E-state index in [1.807, 2.05) is 0 Å². The van der Waals surface area contributed by atoms with E-state index in [0.717, 1.165) is 6.20 Å². The third-order valence-corrected chi connectivity index (χ3v) is 1.34. The zero-order valence-corrected chi connectivity index (χ0v) is 6.80. The standard InChI is InChI=1S/C7H7F3N2O/c1-5(13)6-2-3-12(11-6)4-7(8,9)10/h2-3H,4H2,1H3. The Morgan fingerprint density at radius 3 is 2.62 bits per heavy atom. The molecule has 1 rings (SSSR count). The number of carbonyl (C=O) groups excluding carboxylic acids is 1. The van der Waals surface area contributed by atoms with E-state index in [-0.39, 0.29) is 11.5 Å². The monoisotopic (exact) mass is 192 g/mol. The van der Waals surface area contributed by atoms with Gasteiger partial charge in [0.2, 0.25) is 0 Å². The number of halogens is 3. The van der Waals surface area contributed by atoms with Crippen LogP contribution in [-0.4, -0.2) is 21.7 Å². The molecule has 0 aromatic carbocycles. The summed E-state index contributed by atoms with van der Waals surface area (Å²) in [5.41, 5.74) is 0.0456. The van der Waals surface area contributed by atoms with E-state index in [4.69, 9.17) is 0 Å². The summed E-state index contributed by atoms with van der Waals surface area (Å²) in [5.74, 6) is -0.346. The summed E-state index contributed by atoms with van der Waals surface area (Å²) < 4.78 is 36.1. The fourth-order valence-corrected chi connectivity index (χ4v) is 0.821. The Morgan fingerprint density at radius 1 is 1.62 bits per heavy atom. The average Bonchev–Trinajstić information content (AvgIpc) is 2.31. The van der Waals surface area contributed by atoms with Crippen LogP contribution in [0.25, 0.3) is 0 Å². The predicted molar refractivity (Wildman–Crippen MR) is 38.3 cm³/mol. The molecule has 72 valence electrons. The Hall–Kier alpha value is -1.33. The van der Waals surface area contributed by atoms with Crippen molar-refractivity contribution >= 4 is 5.78 Å². The zero-order valence-electron chi connectivity index (χ0n) is 6.80. The summed E-state index contributed by atoms with van der Waals surface area (Å²) in [5, 5.41) is 3.44. The van der Waals surface area contributed by atoms with E-state index >= 15 is 0 Å². The van der Waals surface area contributed by atoms with Gasteiger partial charge in [-0.05, 0) is 6.07 Å². The molecule has 0 atom stereocenters. The van der Waals surface area contributed by atoms with Gasteiger partial charge < -0.3 is 0 Å². The van der Waals surface area contributed by atoms with E-state index in [0.29, 0.717) is 4.68 Å². The highest BCUT2D eigenvalue weighted by Gasteiger charge is 2.28. The number of alkyl halides is 3. The van der Waals surface area contributed by atoms with Crippen LogP contribution in [0.4, 0.5) is 13.2 Å². The Labute approximate surface area is 72.2 Å². The van der Waals surface area contributed by atoms with Gasteiger partial charge in [-0.15, -0.1) is 0 Å². The molecule has 0 saturated heterocycles. The number of hydrogen-bond acceptors (Lipinski definition) is 2. The second-order valence-corrected chi connectivity index (χ2v) is 2.57. The predicted octanol–water partition coefficient (Wildman–Crippen LogP) is 1.65. The third-order valence-electron chi connectivity index (χ3n) is 1.34. The highest BCUT2D eigenvalue weighted by molar-refractivity contribution is 5.91. The fourth-order valence-electron chi connectivity index (χ4n) is 0.821. The molecule has 0 N–H and O–H groups in total. The van der Waals surface area contributed by atoms with Crippen LogP contribution in [0, 0.1) is 0 Å². The van der Waals surface area contributed by atoms with Crippen molar-refractivity contribution in [3.8, 4) is 0 Å². The Morgan fingerprint density at radius 2 is 2.23 bits per heavy atom. The summed E-state index contributed by atoms with van der Waals surface area (Å²) in [7, 11) is 0. The lowest BCUT2D eigenvalue weighted by molar-refractivity contribution is -0.142. The maximum atomic E-state index is 11.8. The molecule has 0 spiro atoms. The van der Waals surface area contributed by atoms with Crippen molar-refractivity contribution in [2.45, 2.75) is 19.6 Å². The number of nitrogens with zero attached hydrogens (tertiary/aromatic N) is 2. The van der Waals surface area contributed by atoms with E-state index < -0.39 is 12.7 Å². The quantitative estimate of drug-likeness (QED) is 0.667. The number of rotatable bonds is 2. The van der Waals surface area contributed by atoms with E-state index in [2.05, 4.69) is 5.10 Å². The molecule has 0 unspecified atom stereocenters. The smallest absolute Gasteiger partial charge is 0.293 e. The molecule has 0 fully saturated rings. The molecule has 3 nitrogen and oxygen atoms in total. The van der Waals surface area contributed by atoms with Crippen LogP contribution in [0.5, 0.6) is 0 Å². The largest absolute Gasteiger partial charge is 0.408 e. The van der Waals surface area contributed by atoms with Crippen molar-refractivity contribution in [1.29, 1.82) is 0 Å². The van der Waals surface area contributed by atoms with Gasteiger partial charge in [0.15, 0.2) is 5.78 Å². The Balaban J connectivity index is 2.75. The van der Waals surface area contributed by atoms with E-state index in [1.165, 1.54) is 13.0 Å². The van der Waals surface area contributed by atoms with Crippen LogP contribution in [0.15, 0.2) is 12.3 Å². The van der Waals surface area contributed by atoms with Gasteiger partial charge in [0.25, 0.3) is 0 Å². The van der Waals surface area contributed by atoms with Gasteiger partial charge in [-0.2, -0.15) is 18.3 Å². The van der Waals surface area contributed by atoms with Gasteiger partial charge >= 0.3 is 6.18 Å². The van der Waals surface area contributed by atoms with Gasteiger partial charge in [0.05, 0.1) is 0 Å². The fraction of sp³-hybridized carbons (Fsp3) is 0.429. The maximum Gasteiger partial charge on any atom is 0.408 e. The van der Waals surface area contributed by atoms with Crippen LogP contribution in [0.2, 0.25) is 0 Å². The van der Waals surface area contributed by atoms with Crippen molar-refractivity contribution in [2.75, 3.05) is 0 Å². The first-order valence-electron chi connectivity index (χ1n) is 3.49. The van der Waals surface area contributed by atoms with Crippen LogP contribution >= 0.6 is 0 Å². The molecule has 1 aromatic rings. The normalized spacial score (nSPS) is 11.7. The lowest BCUT2D eigenvalue weighted by atomic mass is 10.3. The molecule has 0 aliphatic carbocycles. The molecule has 0 amide bonds. The van der Waals surface area contributed by atoms with Gasteiger partial charge in [-0.1, -0.05) is 0 Å². The highest BCUT2D eigenvalue weighted by atomic mass is 19.4. The second-order valence-electron chi connectivity index (χ2n) is 2.57. The molecule has 1 aromatic heterocycles. The maximum absolute atomic E-state index is 11.8. The zero-order chi connectivity index (χ0) is 10.1. The average molecular weight is 192 g/mol. The number of carbonyl (C=O) groups is 1. The summed E-state index contributed by atoms with van der Waals surface area (Å²) in [6.45, 7) is 0.0839. The molecule has 6 heteroatoms. The van der Waals surface area contributed by atoms with Gasteiger partial charge in [-0.25, -0.2) is 0 Å². The lowest BCUT2D eigenvalue weighted by Gasteiger charge is -2.04. The van der Waals surface area contributed by atoms with Crippen molar-refractivity contribution in [1.82, 2.24) is 9.78 Å². The minimum absolute atomic E-state index is 0.0456. The van der Waals surface area contributed by atoms with Crippen molar-refractivity contribution < 1.29 is 18.0 Å². The summed E-state index contributed by atoms with van der Waals surface area (Å²) in [6.07, 6.45) is -3.18. The number of hydrogen-bond donors (Lipinski definition) is 0. The molecular weight excluding hydrogens is 185 g/mol. The topological polar surface area (TPSA) is 34.9 Å². The van der Waals surface area contributed by atoms with Crippen molar-refractivity contribution in [2.24, 2.45) is 0 Å². The summed E-state index contributed by atoms with van der Waals surface area (Å²) in [6, 6.07) is 1.26. The molecular formula is C7H7F3N2O. The molecule has 0 aliphatic heterocycles. The van der Waals surface area contributed by atoms with Crippen molar-refractivity contribution in [3.63, 3.8) is 0 Å². The third kappa shape index (κ3) is 2.89. The van der Waals surface area contributed by atoms with Crippen molar-refractivity contribution in [3.05, 3.63) is 18.0 Å². The number of Topliss-reactive ketones (excluding diaryl/α,β-unsaturated/α-hetero) is 1. The van der Waals surface area contributed by atoms with Gasteiger partial charge in [0.1, 0.15) is 12.2 Å². The lowest BCUT2D eigenvalue weighted by Crippen LogP contribution is -2.18. The molecule has 0 bridgehead atoms. The molecule has 0 aliphatic rings. The first-order chi connectivity index (χ1) is 5.88. The first-order valence-corrected chi connectivity index (χ1v) is 3.49. The van der Waals surface area contributed by atoms with E-state index in [9.17, 15) is 18.0 Å². The van der Waals surface area contributed by atoms with Gasteiger partial charge in [0, 0.05) is 13.1 Å². The van der Waals surface area contributed by atoms with Crippen LogP contribution in [0.1, 0.15) is 17.4 Å². The van der Waals surface area contributed by atoms with Crippen LogP contribution in [-0.2, 0) is 6.54 Å². The Kier molecular flexibility index (Phi) is 2.40. The highest BCUT2D eigenvalue weighted by Crippen LogP contribution is 2.16. The second kappa shape index (κ2) is 3.20. The number of aromatic nitrogens is 2. The van der Waals surface area contributed by atoms with Crippen LogP contribution < -0.4 is 0 Å². The SMILES string of the molecule is CC(=O)c1ccn(CC(F)(F)F)n1. The Bertz CT molecular complexity index is 316. The molecule has 13 heavy (non-hydrogen) atoms. The van der Waals surface area contributed by atoms with E-state index in [1.54, 1.807) is 0 Å².